The third-order valence-corrected chi connectivity index (χ3v) is 7.96. The van der Waals surface area contributed by atoms with Crippen LogP contribution < -0.4 is 0 Å². The smallest absolute Gasteiger partial charge is 0.0541 e. The highest BCUT2D eigenvalue weighted by atomic mass is 15.0. The van der Waals surface area contributed by atoms with Crippen LogP contribution in [0.15, 0.2) is 152 Å². The Morgan fingerprint density at radius 1 is 0.333 bits per heavy atom. The van der Waals surface area contributed by atoms with Crippen LogP contribution in [-0.2, 0) is 0 Å². The first-order valence-electron chi connectivity index (χ1n) is 13.4. The van der Waals surface area contributed by atoms with Crippen LogP contribution in [-0.4, -0.2) is 4.57 Å². The standard InChI is InChI=1S/C38H25N/c1-2-11-29-24-32(21-19-26(29)9-1)39-37-18-6-5-16-35(37)36-25-30(20-22-38(36)39)28-13-7-14-31(23-28)34-17-8-12-27-10-3-4-15-33(27)34/h1-25H. The first kappa shape index (κ1) is 21.9. The predicted molar refractivity (Wildman–Crippen MR) is 167 cm³/mol. The van der Waals surface area contributed by atoms with Gasteiger partial charge in [0.2, 0.25) is 0 Å². The van der Waals surface area contributed by atoms with Crippen LogP contribution >= 0.6 is 0 Å². The summed E-state index contributed by atoms with van der Waals surface area (Å²) in [6, 6.07) is 55.1. The lowest BCUT2D eigenvalue weighted by molar-refractivity contribution is 1.19. The van der Waals surface area contributed by atoms with Crippen molar-refractivity contribution in [2.45, 2.75) is 0 Å². The van der Waals surface area contributed by atoms with Crippen LogP contribution in [0.2, 0.25) is 0 Å². The van der Waals surface area contributed by atoms with E-state index in [0.29, 0.717) is 0 Å². The van der Waals surface area contributed by atoms with Crippen molar-refractivity contribution in [3.8, 4) is 27.9 Å². The maximum atomic E-state index is 2.40. The fraction of sp³-hybridized carbons (Fsp3) is 0. The Labute approximate surface area is 227 Å². The topological polar surface area (TPSA) is 4.93 Å². The summed E-state index contributed by atoms with van der Waals surface area (Å²) in [4.78, 5) is 0. The summed E-state index contributed by atoms with van der Waals surface area (Å²) in [5.41, 5.74) is 8.60. The van der Waals surface area contributed by atoms with Crippen molar-refractivity contribution in [1.29, 1.82) is 0 Å². The van der Waals surface area contributed by atoms with Gasteiger partial charge in [0.05, 0.1) is 11.0 Å². The summed E-state index contributed by atoms with van der Waals surface area (Å²) in [6.45, 7) is 0. The molecule has 0 amide bonds. The molecule has 1 aromatic heterocycles. The molecule has 0 atom stereocenters. The molecule has 1 nitrogen and oxygen atoms in total. The summed E-state index contributed by atoms with van der Waals surface area (Å²) in [7, 11) is 0. The Kier molecular flexibility index (Phi) is 4.89. The van der Waals surface area contributed by atoms with E-state index in [1.807, 2.05) is 0 Å². The van der Waals surface area contributed by atoms with Crippen molar-refractivity contribution in [1.82, 2.24) is 4.57 Å². The first-order chi connectivity index (χ1) is 19.3. The van der Waals surface area contributed by atoms with Gasteiger partial charge in [0.1, 0.15) is 0 Å². The minimum atomic E-state index is 1.19. The Morgan fingerprint density at radius 3 is 1.92 bits per heavy atom. The minimum Gasteiger partial charge on any atom is -0.309 e. The summed E-state index contributed by atoms with van der Waals surface area (Å²) >= 11 is 0. The van der Waals surface area contributed by atoms with Crippen LogP contribution in [0.3, 0.4) is 0 Å². The minimum absolute atomic E-state index is 1.19. The fourth-order valence-corrected chi connectivity index (χ4v) is 6.09. The Bertz CT molecular complexity index is 2170. The van der Waals surface area contributed by atoms with Gasteiger partial charge in [-0.3, -0.25) is 0 Å². The van der Waals surface area contributed by atoms with Crippen molar-refractivity contribution in [2.75, 3.05) is 0 Å². The van der Waals surface area contributed by atoms with E-state index in [9.17, 15) is 0 Å². The molecule has 7 aromatic carbocycles. The van der Waals surface area contributed by atoms with Crippen molar-refractivity contribution >= 4 is 43.4 Å². The number of hydrogen-bond donors (Lipinski definition) is 0. The number of rotatable bonds is 3. The second kappa shape index (κ2) is 8.72. The lowest BCUT2D eigenvalue weighted by Crippen LogP contribution is -1.93. The predicted octanol–water partition coefficient (Wildman–Crippen LogP) is 10.4. The zero-order valence-corrected chi connectivity index (χ0v) is 21.4. The molecule has 1 heterocycles. The third-order valence-electron chi connectivity index (χ3n) is 7.96. The molecule has 0 aliphatic rings. The van der Waals surface area contributed by atoms with Crippen LogP contribution in [0.25, 0.3) is 71.3 Å². The van der Waals surface area contributed by atoms with Gasteiger partial charge in [0.25, 0.3) is 0 Å². The fourth-order valence-electron chi connectivity index (χ4n) is 6.09. The molecule has 0 aliphatic heterocycles. The van der Waals surface area contributed by atoms with Gasteiger partial charge in [-0.25, -0.2) is 0 Å². The molecule has 0 N–H and O–H groups in total. The quantitative estimate of drug-likeness (QED) is 0.230. The average molecular weight is 496 g/mol. The Hall–Kier alpha value is -5.14. The molecule has 0 bridgehead atoms. The van der Waals surface area contributed by atoms with Crippen LogP contribution in [0.1, 0.15) is 0 Å². The summed E-state index contributed by atoms with van der Waals surface area (Å²) < 4.78 is 2.40. The maximum Gasteiger partial charge on any atom is 0.0541 e. The van der Waals surface area contributed by atoms with Crippen molar-refractivity contribution in [2.24, 2.45) is 0 Å². The number of para-hydroxylation sites is 1. The Morgan fingerprint density at radius 2 is 1.00 bits per heavy atom. The highest BCUT2D eigenvalue weighted by Gasteiger charge is 2.14. The number of fused-ring (bicyclic) bond motifs is 5. The largest absolute Gasteiger partial charge is 0.309 e. The zero-order chi connectivity index (χ0) is 25.8. The normalized spacial score (nSPS) is 11.6. The van der Waals surface area contributed by atoms with Gasteiger partial charge >= 0.3 is 0 Å². The Balaban J connectivity index is 1.31. The van der Waals surface area contributed by atoms with E-state index >= 15 is 0 Å². The molecule has 0 spiro atoms. The third kappa shape index (κ3) is 3.55. The number of aromatic nitrogens is 1. The number of hydrogen-bond acceptors (Lipinski definition) is 0. The van der Waals surface area contributed by atoms with E-state index in [1.54, 1.807) is 0 Å². The maximum absolute atomic E-state index is 2.40. The first-order valence-corrected chi connectivity index (χ1v) is 13.4. The molecule has 0 aliphatic carbocycles. The van der Waals surface area contributed by atoms with E-state index in [1.165, 1.54) is 71.3 Å². The number of benzene rings is 7. The molecule has 0 radical (unpaired) electrons. The molecular formula is C38H25N. The van der Waals surface area contributed by atoms with Crippen LogP contribution in [0.4, 0.5) is 0 Å². The lowest BCUT2D eigenvalue weighted by Gasteiger charge is -2.11. The van der Waals surface area contributed by atoms with Crippen molar-refractivity contribution < 1.29 is 0 Å². The van der Waals surface area contributed by atoms with Gasteiger partial charge in [-0.1, -0.05) is 115 Å². The van der Waals surface area contributed by atoms with Gasteiger partial charge in [0.15, 0.2) is 0 Å². The van der Waals surface area contributed by atoms with Gasteiger partial charge in [-0.15, -0.1) is 0 Å². The molecule has 8 aromatic rings. The van der Waals surface area contributed by atoms with Gasteiger partial charge in [-0.05, 0) is 80.2 Å². The molecule has 8 rings (SSSR count). The molecule has 1 heteroatoms. The van der Waals surface area contributed by atoms with E-state index in [2.05, 4.69) is 156 Å². The van der Waals surface area contributed by atoms with E-state index in [4.69, 9.17) is 0 Å². The summed E-state index contributed by atoms with van der Waals surface area (Å²) in [6.07, 6.45) is 0. The molecule has 0 unspecified atom stereocenters. The van der Waals surface area contributed by atoms with Gasteiger partial charge < -0.3 is 4.57 Å². The molecule has 182 valence electrons. The van der Waals surface area contributed by atoms with Crippen molar-refractivity contribution in [3.63, 3.8) is 0 Å². The van der Waals surface area contributed by atoms with E-state index in [-0.39, 0.29) is 0 Å². The van der Waals surface area contributed by atoms with E-state index < -0.39 is 0 Å². The highest BCUT2D eigenvalue weighted by Crippen LogP contribution is 2.37. The van der Waals surface area contributed by atoms with Crippen LogP contribution in [0.5, 0.6) is 0 Å². The molecule has 0 fully saturated rings. The molecule has 0 saturated heterocycles. The molecule has 0 saturated carbocycles. The second-order valence-corrected chi connectivity index (χ2v) is 10.2. The SMILES string of the molecule is c1cc(-c2ccc3c(c2)c2ccccc2n3-c2ccc3ccccc3c2)cc(-c2cccc3ccccc23)c1. The summed E-state index contributed by atoms with van der Waals surface area (Å²) in [5, 5.41) is 7.60. The average Bonchev–Trinajstić information content (AvgIpc) is 3.34. The zero-order valence-electron chi connectivity index (χ0n) is 21.4. The highest BCUT2D eigenvalue weighted by molar-refractivity contribution is 6.10. The number of nitrogens with zero attached hydrogens (tertiary/aromatic N) is 1. The lowest BCUT2D eigenvalue weighted by atomic mass is 9.95. The monoisotopic (exact) mass is 495 g/mol. The van der Waals surface area contributed by atoms with Gasteiger partial charge in [0, 0.05) is 16.5 Å². The second-order valence-electron chi connectivity index (χ2n) is 10.2. The van der Waals surface area contributed by atoms with Crippen molar-refractivity contribution in [3.05, 3.63) is 152 Å². The summed E-state index contributed by atoms with van der Waals surface area (Å²) in [5.74, 6) is 0. The van der Waals surface area contributed by atoms with E-state index in [0.717, 1.165) is 0 Å². The van der Waals surface area contributed by atoms with Gasteiger partial charge in [-0.2, -0.15) is 0 Å². The molecular weight excluding hydrogens is 470 g/mol. The van der Waals surface area contributed by atoms with Crippen LogP contribution in [0, 0.1) is 0 Å². The molecule has 39 heavy (non-hydrogen) atoms.